The van der Waals surface area contributed by atoms with Crippen molar-refractivity contribution in [1.82, 2.24) is 5.32 Å². The van der Waals surface area contributed by atoms with Crippen molar-refractivity contribution >= 4 is 23.2 Å². The molecule has 7 heteroatoms. The van der Waals surface area contributed by atoms with Crippen LogP contribution < -0.4 is 15.0 Å². The number of aliphatic hydroxyl groups excluding tert-OH is 1. The number of piperidine rings is 1. The molecule has 0 spiro atoms. The van der Waals surface area contributed by atoms with Gasteiger partial charge in [0.1, 0.15) is 11.6 Å². The van der Waals surface area contributed by atoms with Gasteiger partial charge in [0.25, 0.3) is 5.91 Å². The molecule has 2 aromatic carbocycles. The summed E-state index contributed by atoms with van der Waals surface area (Å²) in [6.07, 6.45) is 0.305. The van der Waals surface area contributed by atoms with E-state index < -0.39 is 12.1 Å². The van der Waals surface area contributed by atoms with Crippen LogP contribution in [0, 0.1) is 5.82 Å². The van der Waals surface area contributed by atoms with E-state index in [1.165, 1.54) is 12.1 Å². The predicted molar refractivity (Wildman–Crippen MR) is 112 cm³/mol. The van der Waals surface area contributed by atoms with E-state index in [9.17, 15) is 14.3 Å². The summed E-state index contributed by atoms with van der Waals surface area (Å²) < 4.78 is 19.6. The fourth-order valence-electron chi connectivity index (χ4n) is 3.47. The molecule has 2 atom stereocenters. The van der Waals surface area contributed by atoms with Crippen LogP contribution in [0.5, 0.6) is 5.75 Å². The quantitative estimate of drug-likeness (QED) is 0.739. The lowest BCUT2D eigenvalue weighted by Crippen LogP contribution is -2.39. The Balaban J connectivity index is 1.70. The van der Waals surface area contributed by atoms with E-state index >= 15 is 0 Å². The van der Waals surface area contributed by atoms with Crippen LogP contribution in [-0.2, 0) is 4.79 Å². The molecule has 0 aromatic heterocycles. The van der Waals surface area contributed by atoms with Crippen molar-refractivity contribution in [3.63, 3.8) is 0 Å². The van der Waals surface area contributed by atoms with Crippen LogP contribution in [0.1, 0.15) is 38.3 Å². The number of carbonyl (C=O) groups is 1. The van der Waals surface area contributed by atoms with E-state index in [4.69, 9.17) is 16.3 Å². The molecule has 29 heavy (non-hydrogen) atoms. The molecule has 2 N–H and O–H groups in total. The molecular formula is C22H26ClFN2O3. The molecule has 1 amide bonds. The molecule has 2 aromatic rings. The zero-order valence-electron chi connectivity index (χ0n) is 16.6. The Morgan fingerprint density at radius 2 is 1.97 bits per heavy atom. The number of rotatable bonds is 6. The fourth-order valence-corrected chi connectivity index (χ4v) is 3.65. The van der Waals surface area contributed by atoms with E-state index in [0.29, 0.717) is 42.3 Å². The number of hydrogen-bond donors (Lipinski definition) is 2. The summed E-state index contributed by atoms with van der Waals surface area (Å²) in [6.45, 7) is 4.85. The summed E-state index contributed by atoms with van der Waals surface area (Å²) >= 11 is 5.95. The number of hydrogen-bond acceptors (Lipinski definition) is 4. The largest absolute Gasteiger partial charge is 0.481 e. The maximum Gasteiger partial charge on any atom is 0.261 e. The highest BCUT2D eigenvalue weighted by molar-refractivity contribution is 6.30. The van der Waals surface area contributed by atoms with Gasteiger partial charge in [-0.25, -0.2) is 4.39 Å². The number of carbonyl (C=O) groups excluding carboxylic acids is 1. The fraction of sp³-hybridized carbons (Fsp3) is 0.409. The molecule has 3 rings (SSSR count). The molecule has 1 aliphatic heterocycles. The number of nitrogens with one attached hydrogen (secondary N) is 1. The van der Waals surface area contributed by atoms with Crippen LogP contribution in [0.15, 0.2) is 42.5 Å². The molecule has 156 valence electrons. The van der Waals surface area contributed by atoms with Crippen molar-refractivity contribution in [2.24, 2.45) is 0 Å². The second kappa shape index (κ2) is 9.46. The Morgan fingerprint density at radius 3 is 2.66 bits per heavy atom. The van der Waals surface area contributed by atoms with Gasteiger partial charge in [0, 0.05) is 29.4 Å². The lowest BCUT2D eigenvalue weighted by Gasteiger charge is -2.34. The molecule has 0 aliphatic carbocycles. The second-order valence-corrected chi connectivity index (χ2v) is 7.81. The van der Waals surface area contributed by atoms with Gasteiger partial charge in [-0.2, -0.15) is 0 Å². The van der Waals surface area contributed by atoms with Crippen molar-refractivity contribution in [2.75, 3.05) is 18.0 Å². The number of benzene rings is 2. The van der Waals surface area contributed by atoms with Crippen molar-refractivity contribution in [3.05, 3.63) is 58.9 Å². The smallest absolute Gasteiger partial charge is 0.261 e. The van der Waals surface area contributed by atoms with Gasteiger partial charge in [-0.1, -0.05) is 17.7 Å². The summed E-state index contributed by atoms with van der Waals surface area (Å²) in [5.41, 5.74) is 1.57. The first-order valence-electron chi connectivity index (χ1n) is 9.78. The molecule has 1 saturated heterocycles. The molecule has 1 aliphatic rings. The third-order valence-electron chi connectivity index (χ3n) is 5.10. The first kappa shape index (κ1) is 21.4. The van der Waals surface area contributed by atoms with Crippen molar-refractivity contribution in [3.8, 4) is 5.75 Å². The van der Waals surface area contributed by atoms with Crippen LogP contribution >= 0.6 is 11.6 Å². The summed E-state index contributed by atoms with van der Waals surface area (Å²) in [4.78, 5) is 14.7. The minimum atomic E-state index is -0.738. The highest BCUT2D eigenvalue weighted by Gasteiger charge is 2.24. The maximum absolute atomic E-state index is 13.9. The van der Waals surface area contributed by atoms with E-state index in [1.807, 2.05) is 6.92 Å². The van der Waals surface area contributed by atoms with Crippen molar-refractivity contribution in [1.29, 1.82) is 0 Å². The molecule has 5 nitrogen and oxygen atoms in total. The van der Waals surface area contributed by atoms with E-state index in [-0.39, 0.29) is 17.8 Å². The molecule has 0 bridgehead atoms. The third-order valence-corrected chi connectivity index (χ3v) is 5.33. The van der Waals surface area contributed by atoms with E-state index in [1.54, 1.807) is 37.3 Å². The van der Waals surface area contributed by atoms with Gasteiger partial charge in [0.05, 0.1) is 12.1 Å². The number of aliphatic hydroxyl groups is 1. The first-order chi connectivity index (χ1) is 13.8. The van der Waals surface area contributed by atoms with Crippen molar-refractivity contribution in [2.45, 2.75) is 44.9 Å². The van der Waals surface area contributed by atoms with Crippen LogP contribution in [0.3, 0.4) is 0 Å². The van der Waals surface area contributed by atoms with Crippen LogP contribution in [0.4, 0.5) is 10.1 Å². The Kier molecular flexibility index (Phi) is 6.98. The van der Waals surface area contributed by atoms with Gasteiger partial charge in [0.2, 0.25) is 0 Å². The highest BCUT2D eigenvalue weighted by atomic mass is 35.5. The Labute approximate surface area is 175 Å². The van der Waals surface area contributed by atoms with Crippen LogP contribution in [-0.4, -0.2) is 36.3 Å². The topological polar surface area (TPSA) is 61.8 Å². The highest BCUT2D eigenvalue weighted by Crippen LogP contribution is 2.30. The third kappa shape index (κ3) is 5.61. The minimum Gasteiger partial charge on any atom is -0.481 e. The Bertz CT molecular complexity index is 856. The number of amides is 1. The van der Waals surface area contributed by atoms with Crippen LogP contribution in [0.25, 0.3) is 0 Å². The van der Waals surface area contributed by atoms with Gasteiger partial charge in [-0.15, -0.1) is 0 Å². The summed E-state index contributed by atoms with van der Waals surface area (Å²) in [5, 5.41) is 13.2. The second-order valence-electron chi connectivity index (χ2n) is 7.37. The minimum absolute atomic E-state index is 0.295. The number of nitrogens with zero attached hydrogens (tertiary/aromatic N) is 1. The van der Waals surface area contributed by atoms with E-state index in [2.05, 4.69) is 10.2 Å². The number of ether oxygens (including phenoxy) is 1. The molecule has 0 radical (unpaired) electrons. The SMILES string of the molecule is C[C@@H](Oc1cccc(Cl)c1)C(=O)N[C@H](C)c1cc(F)ccc1N1CCC(O)CC1. The molecule has 0 unspecified atom stereocenters. The predicted octanol–water partition coefficient (Wildman–Crippen LogP) is 4.08. The van der Waals surface area contributed by atoms with Gasteiger partial charge in [-0.05, 0) is 63.1 Å². The number of halogens is 2. The van der Waals surface area contributed by atoms with Gasteiger partial charge < -0.3 is 20.1 Å². The Morgan fingerprint density at radius 1 is 1.24 bits per heavy atom. The lowest BCUT2D eigenvalue weighted by atomic mass is 10.0. The molecular weight excluding hydrogens is 395 g/mol. The van der Waals surface area contributed by atoms with Gasteiger partial charge in [-0.3, -0.25) is 4.79 Å². The molecule has 1 heterocycles. The molecule has 0 saturated carbocycles. The average Bonchev–Trinajstić information content (AvgIpc) is 2.68. The average molecular weight is 421 g/mol. The normalized spacial score (nSPS) is 16.9. The van der Waals surface area contributed by atoms with Gasteiger partial charge in [0.15, 0.2) is 6.10 Å². The monoisotopic (exact) mass is 420 g/mol. The summed E-state index contributed by atoms with van der Waals surface area (Å²) in [6, 6.07) is 11.0. The van der Waals surface area contributed by atoms with Crippen LogP contribution in [0.2, 0.25) is 5.02 Å². The Hall–Kier alpha value is -2.31. The summed E-state index contributed by atoms with van der Waals surface area (Å²) in [7, 11) is 0. The van der Waals surface area contributed by atoms with E-state index in [0.717, 1.165) is 5.69 Å². The zero-order chi connectivity index (χ0) is 21.0. The number of anilines is 1. The van der Waals surface area contributed by atoms with Gasteiger partial charge >= 0.3 is 0 Å². The maximum atomic E-state index is 13.9. The lowest BCUT2D eigenvalue weighted by molar-refractivity contribution is -0.127. The standard InChI is InChI=1S/C22H26ClFN2O3/c1-14(25-22(28)15(2)29-19-5-3-4-16(23)12-19)20-13-17(24)6-7-21(20)26-10-8-18(27)9-11-26/h3-7,12-15,18,27H,8-11H2,1-2H3,(H,25,28)/t14-,15-/m1/s1. The molecule has 1 fully saturated rings. The van der Waals surface area contributed by atoms with Crippen molar-refractivity contribution < 1.29 is 19.0 Å². The zero-order valence-corrected chi connectivity index (χ0v) is 17.3. The summed E-state index contributed by atoms with van der Waals surface area (Å²) in [5.74, 6) is -0.155. The first-order valence-corrected chi connectivity index (χ1v) is 10.2.